The molecule has 2 amide bonds. The maximum Gasteiger partial charge on any atom is 0.238 e. The van der Waals surface area contributed by atoms with E-state index in [2.05, 4.69) is 10.6 Å². The monoisotopic (exact) mass is 403 g/mol. The lowest BCUT2D eigenvalue weighted by molar-refractivity contribution is -0.126. The smallest absolute Gasteiger partial charge is 0.238 e. The topological polar surface area (TPSA) is 79.9 Å². The van der Waals surface area contributed by atoms with Crippen LogP contribution in [0.1, 0.15) is 12.5 Å². The number of likely N-dealkylation sites (N-methyl/N-ethyl adjacent to an activating group) is 1. The maximum absolute atomic E-state index is 12.4. The second-order valence-corrected chi connectivity index (χ2v) is 6.99. The number of nitrogens with zero attached hydrogens (tertiary/aromatic N) is 1. The predicted octanol–water partition coefficient (Wildman–Crippen LogP) is 2.64. The normalized spacial score (nSPS) is 13.3. The molecule has 0 spiro atoms. The zero-order chi connectivity index (χ0) is 20.1. The summed E-state index contributed by atoms with van der Waals surface area (Å²) in [4.78, 5) is 26.3. The van der Waals surface area contributed by atoms with Crippen LogP contribution < -0.4 is 20.1 Å². The van der Waals surface area contributed by atoms with Crippen molar-refractivity contribution in [1.29, 1.82) is 0 Å². The van der Waals surface area contributed by atoms with E-state index in [4.69, 9.17) is 21.1 Å². The van der Waals surface area contributed by atoms with Crippen LogP contribution >= 0.6 is 11.6 Å². The van der Waals surface area contributed by atoms with Gasteiger partial charge in [0, 0.05) is 17.3 Å². The Hall–Kier alpha value is -2.77. The number of amides is 2. The molecule has 1 aliphatic rings. The van der Waals surface area contributed by atoms with Crippen LogP contribution in [0.2, 0.25) is 5.02 Å². The molecule has 1 unspecified atom stereocenters. The summed E-state index contributed by atoms with van der Waals surface area (Å²) >= 11 is 5.83. The number of nitrogens with one attached hydrogen (secondary N) is 2. The van der Waals surface area contributed by atoms with Crippen molar-refractivity contribution in [1.82, 2.24) is 10.2 Å². The molecule has 3 rings (SSSR count). The Morgan fingerprint density at radius 2 is 1.86 bits per heavy atom. The van der Waals surface area contributed by atoms with Gasteiger partial charge < -0.3 is 20.1 Å². The number of fused-ring (bicyclic) bond motifs is 1. The average Bonchev–Trinajstić information content (AvgIpc) is 3.15. The quantitative estimate of drug-likeness (QED) is 0.743. The number of benzene rings is 2. The van der Waals surface area contributed by atoms with Crippen LogP contribution in [0.15, 0.2) is 42.5 Å². The van der Waals surface area contributed by atoms with E-state index in [1.807, 2.05) is 18.2 Å². The highest BCUT2D eigenvalue weighted by molar-refractivity contribution is 6.30. The van der Waals surface area contributed by atoms with Crippen LogP contribution in [0.25, 0.3) is 0 Å². The molecule has 0 bridgehead atoms. The lowest BCUT2D eigenvalue weighted by atomic mass is 10.2. The number of rotatable bonds is 7. The lowest BCUT2D eigenvalue weighted by Crippen LogP contribution is -2.45. The Morgan fingerprint density at radius 3 is 2.61 bits per heavy atom. The van der Waals surface area contributed by atoms with Gasteiger partial charge in [0.1, 0.15) is 0 Å². The summed E-state index contributed by atoms with van der Waals surface area (Å²) in [5, 5.41) is 6.26. The molecule has 0 saturated heterocycles. The van der Waals surface area contributed by atoms with Crippen molar-refractivity contribution in [3.63, 3.8) is 0 Å². The van der Waals surface area contributed by atoms with Gasteiger partial charge in [-0.1, -0.05) is 17.7 Å². The molecule has 2 aromatic carbocycles. The van der Waals surface area contributed by atoms with Crippen molar-refractivity contribution in [2.45, 2.75) is 19.5 Å². The molecule has 7 nitrogen and oxygen atoms in total. The minimum atomic E-state index is -0.468. The summed E-state index contributed by atoms with van der Waals surface area (Å²) < 4.78 is 10.6. The molecule has 0 aliphatic carbocycles. The third-order valence-electron chi connectivity index (χ3n) is 4.47. The van der Waals surface area contributed by atoms with Crippen LogP contribution in [0.4, 0.5) is 5.69 Å². The van der Waals surface area contributed by atoms with E-state index in [1.165, 1.54) is 0 Å². The van der Waals surface area contributed by atoms with E-state index in [-0.39, 0.29) is 25.2 Å². The molecule has 28 heavy (non-hydrogen) atoms. The van der Waals surface area contributed by atoms with Crippen molar-refractivity contribution < 1.29 is 19.1 Å². The molecule has 0 radical (unpaired) electrons. The third-order valence-corrected chi connectivity index (χ3v) is 4.72. The molecule has 2 N–H and O–H groups in total. The summed E-state index contributed by atoms with van der Waals surface area (Å²) in [5.41, 5.74) is 1.57. The fourth-order valence-corrected chi connectivity index (χ4v) is 2.81. The van der Waals surface area contributed by atoms with Gasteiger partial charge in [0.05, 0.1) is 12.6 Å². The number of hydrogen-bond acceptors (Lipinski definition) is 5. The van der Waals surface area contributed by atoms with E-state index >= 15 is 0 Å². The third kappa shape index (κ3) is 5.15. The van der Waals surface area contributed by atoms with Crippen molar-refractivity contribution in [3.05, 3.63) is 53.1 Å². The molecule has 1 aliphatic heterocycles. The molecule has 2 aromatic rings. The van der Waals surface area contributed by atoms with Gasteiger partial charge in [-0.2, -0.15) is 0 Å². The van der Waals surface area contributed by atoms with Gasteiger partial charge in [-0.05, 0) is 55.9 Å². The highest BCUT2D eigenvalue weighted by Crippen LogP contribution is 2.32. The maximum atomic E-state index is 12.4. The van der Waals surface area contributed by atoms with Gasteiger partial charge in [0.2, 0.25) is 18.6 Å². The van der Waals surface area contributed by atoms with Crippen molar-refractivity contribution in [2.24, 2.45) is 0 Å². The lowest BCUT2D eigenvalue weighted by Gasteiger charge is -2.23. The first kappa shape index (κ1) is 20.0. The first-order chi connectivity index (χ1) is 13.4. The molecule has 1 atom stereocenters. The zero-order valence-electron chi connectivity index (χ0n) is 15.7. The number of hydrogen-bond donors (Lipinski definition) is 2. The van der Waals surface area contributed by atoms with Gasteiger partial charge >= 0.3 is 0 Å². The number of ether oxygens (including phenoxy) is 2. The van der Waals surface area contributed by atoms with Gasteiger partial charge in [-0.25, -0.2) is 0 Å². The fourth-order valence-electron chi connectivity index (χ4n) is 2.69. The number of halogens is 1. The van der Waals surface area contributed by atoms with E-state index in [0.717, 1.165) is 5.56 Å². The predicted molar refractivity (Wildman–Crippen MR) is 107 cm³/mol. The summed E-state index contributed by atoms with van der Waals surface area (Å²) in [6.07, 6.45) is 0. The van der Waals surface area contributed by atoms with Gasteiger partial charge in [-0.15, -0.1) is 0 Å². The highest BCUT2D eigenvalue weighted by Gasteiger charge is 2.20. The van der Waals surface area contributed by atoms with E-state index in [9.17, 15) is 9.59 Å². The second-order valence-electron chi connectivity index (χ2n) is 6.55. The average molecular weight is 404 g/mol. The molecule has 0 saturated carbocycles. The largest absolute Gasteiger partial charge is 0.454 e. The Bertz CT molecular complexity index is 857. The number of carbonyl (C=O) groups excluding carboxylic acids is 2. The van der Waals surface area contributed by atoms with E-state index in [1.54, 1.807) is 43.1 Å². The summed E-state index contributed by atoms with van der Waals surface area (Å²) in [6.45, 7) is 2.42. The van der Waals surface area contributed by atoms with Crippen molar-refractivity contribution in [2.75, 3.05) is 25.7 Å². The van der Waals surface area contributed by atoms with Gasteiger partial charge in [0.15, 0.2) is 11.5 Å². The molecule has 0 aromatic heterocycles. The molecule has 0 fully saturated rings. The number of carbonyl (C=O) groups is 2. The van der Waals surface area contributed by atoms with Gasteiger partial charge in [-0.3, -0.25) is 14.5 Å². The summed E-state index contributed by atoms with van der Waals surface area (Å²) in [6, 6.07) is 11.9. The SMILES string of the molecule is CC(C(=O)NCc1ccc2c(c1)OCO2)N(C)CC(=O)Nc1ccc(Cl)cc1. The molecule has 148 valence electrons. The summed E-state index contributed by atoms with van der Waals surface area (Å²) in [5.74, 6) is 1.00. The first-order valence-electron chi connectivity index (χ1n) is 8.84. The standard InChI is InChI=1S/C20H22ClN3O4/c1-13(24(2)11-19(25)23-16-6-4-15(21)5-7-16)20(26)22-10-14-3-8-17-18(9-14)28-12-27-17/h3-9,13H,10-12H2,1-2H3,(H,22,26)(H,23,25). The van der Waals surface area contributed by atoms with Crippen molar-refractivity contribution >= 4 is 29.1 Å². The van der Waals surface area contributed by atoms with Crippen LogP contribution in [-0.2, 0) is 16.1 Å². The minimum absolute atomic E-state index is 0.0846. The Morgan fingerprint density at radius 1 is 1.14 bits per heavy atom. The number of anilines is 1. The Balaban J connectivity index is 1.46. The fraction of sp³-hybridized carbons (Fsp3) is 0.300. The van der Waals surface area contributed by atoms with E-state index in [0.29, 0.717) is 28.8 Å². The highest BCUT2D eigenvalue weighted by atomic mass is 35.5. The molecule has 8 heteroatoms. The van der Waals surface area contributed by atoms with Crippen LogP contribution in [0.3, 0.4) is 0 Å². The van der Waals surface area contributed by atoms with Crippen molar-refractivity contribution in [3.8, 4) is 11.5 Å². The Kier molecular flexibility index (Phi) is 6.38. The molecule has 1 heterocycles. The minimum Gasteiger partial charge on any atom is -0.454 e. The van der Waals surface area contributed by atoms with Gasteiger partial charge in [0.25, 0.3) is 0 Å². The van der Waals surface area contributed by atoms with E-state index < -0.39 is 6.04 Å². The molecular formula is C20H22ClN3O4. The second kappa shape index (κ2) is 8.95. The summed E-state index contributed by atoms with van der Waals surface area (Å²) in [7, 11) is 1.73. The van der Waals surface area contributed by atoms with Crippen LogP contribution in [-0.4, -0.2) is 43.1 Å². The molecular weight excluding hydrogens is 382 g/mol. The van der Waals surface area contributed by atoms with Crippen LogP contribution in [0.5, 0.6) is 11.5 Å². The van der Waals surface area contributed by atoms with Crippen LogP contribution in [0, 0.1) is 0 Å². The zero-order valence-corrected chi connectivity index (χ0v) is 16.5. The Labute approximate surface area is 168 Å². The first-order valence-corrected chi connectivity index (χ1v) is 9.22.